The summed E-state index contributed by atoms with van der Waals surface area (Å²) in [6, 6.07) is 7.42. The minimum absolute atomic E-state index is 0.0617. The summed E-state index contributed by atoms with van der Waals surface area (Å²) < 4.78 is 38.9. The zero-order chi connectivity index (χ0) is 19.8. The summed E-state index contributed by atoms with van der Waals surface area (Å²) >= 11 is 0. The van der Waals surface area contributed by atoms with Crippen LogP contribution < -0.4 is 0 Å². The second-order valence-corrected chi connectivity index (χ2v) is 6.21. The molecule has 1 rings (SSSR count). The monoisotopic (exact) mass is 384 g/mol. The first-order chi connectivity index (χ1) is 12.3. The number of allylic oxidation sites excluding steroid dienone is 2. The van der Waals surface area contributed by atoms with E-state index in [9.17, 15) is 18.0 Å². The van der Waals surface area contributed by atoms with Crippen molar-refractivity contribution >= 4 is 22.1 Å². The van der Waals surface area contributed by atoms with Crippen LogP contribution in [0.2, 0.25) is 0 Å². The minimum Gasteiger partial charge on any atom is -0.461 e. The zero-order valence-electron chi connectivity index (χ0n) is 14.8. The van der Waals surface area contributed by atoms with Gasteiger partial charge in [0.1, 0.15) is 13.2 Å². The Labute approximate surface area is 154 Å². The highest BCUT2D eigenvalue weighted by atomic mass is 32.2. The van der Waals surface area contributed by atoms with Gasteiger partial charge in [0.05, 0.1) is 17.7 Å². The van der Waals surface area contributed by atoms with Gasteiger partial charge in [0, 0.05) is 0 Å². The highest BCUT2D eigenvalue weighted by Crippen LogP contribution is 2.05. The van der Waals surface area contributed by atoms with E-state index in [4.69, 9.17) is 14.0 Å². The van der Waals surface area contributed by atoms with E-state index in [1.54, 1.807) is 42.5 Å². The molecule has 1 N–H and O–H groups in total. The van der Waals surface area contributed by atoms with Crippen molar-refractivity contribution in [2.45, 2.75) is 31.6 Å². The molecule has 0 unspecified atom stereocenters. The van der Waals surface area contributed by atoms with Crippen LogP contribution in [0.15, 0.2) is 59.5 Å². The summed E-state index contributed by atoms with van der Waals surface area (Å²) in [5.74, 6) is -0.776. The fourth-order valence-electron chi connectivity index (χ4n) is 1.42. The lowest BCUT2D eigenvalue weighted by Crippen LogP contribution is -2.10. The predicted molar refractivity (Wildman–Crippen MR) is 97.0 cm³/mol. The first-order valence-electron chi connectivity index (χ1n) is 7.87. The van der Waals surface area contributed by atoms with Gasteiger partial charge < -0.3 is 9.47 Å². The van der Waals surface area contributed by atoms with E-state index in [1.807, 2.05) is 13.8 Å². The number of carbonyl (C=O) groups is 2. The third-order valence-corrected chi connectivity index (χ3v) is 3.59. The maximum atomic E-state index is 11.1. The van der Waals surface area contributed by atoms with Gasteiger partial charge >= 0.3 is 11.9 Å². The van der Waals surface area contributed by atoms with Gasteiger partial charge in [-0.1, -0.05) is 42.5 Å². The Morgan fingerprint density at radius 1 is 0.923 bits per heavy atom. The van der Waals surface area contributed by atoms with Gasteiger partial charge in [-0.25, -0.2) is 0 Å². The number of ether oxygens (including phenoxy) is 2. The van der Waals surface area contributed by atoms with Crippen LogP contribution in [0.4, 0.5) is 0 Å². The smallest absolute Gasteiger partial charge is 0.306 e. The maximum absolute atomic E-state index is 11.1. The quantitative estimate of drug-likeness (QED) is 0.417. The molecule has 7 nitrogen and oxygen atoms in total. The van der Waals surface area contributed by atoms with Crippen LogP contribution in [0, 0.1) is 0 Å². The van der Waals surface area contributed by atoms with Gasteiger partial charge in [0.2, 0.25) is 0 Å². The van der Waals surface area contributed by atoms with Crippen LogP contribution in [0.5, 0.6) is 0 Å². The molecule has 0 aliphatic rings. The summed E-state index contributed by atoms with van der Waals surface area (Å²) in [6.07, 6.45) is 7.15. The zero-order valence-corrected chi connectivity index (χ0v) is 15.6. The summed E-state index contributed by atoms with van der Waals surface area (Å²) in [5.41, 5.74) is 0. The average Bonchev–Trinajstić information content (AvgIpc) is 2.61. The molecule has 0 atom stereocenters. The Bertz CT molecular complexity index is 664. The lowest BCUT2D eigenvalue weighted by Gasteiger charge is -2.02. The molecule has 8 heteroatoms. The van der Waals surface area contributed by atoms with E-state index < -0.39 is 10.1 Å². The van der Waals surface area contributed by atoms with Crippen LogP contribution in [-0.4, -0.2) is 38.1 Å². The van der Waals surface area contributed by atoms with Gasteiger partial charge in [-0.3, -0.25) is 14.1 Å². The molecule has 0 fully saturated rings. The van der Waals surface area contributed by atoms with E-state index in [0.717, 1.165) is 0 Å². The first-order valence-corrected chi connectivity index (χ1v) is 9.31. The van der Waals surface area contributed by atoms with Crippen molar-refractivity contribution in [3.63, 3.8) is 0 Å². The molecule has 26 heavy (non-hydrogen) atoms. The number of carbonyl (C=O) groups excluding carboxylic acids is 2. The Morgan fingerprint density at radius 2 is 1.35 bits per heavy atom. The predicted octanol–water partition coefficient (Wildman–Crippen LogP) is 2.94. The van der Waals surface area contributed by atoms with Gasteiger partial charge in [0.25, 0.3) is 10.1 Å². The van der Waals surface area contributed by atoms with Crippen LogP contribution in [0.3, 0.4) is 0 Å². The molecule has 0 aromatic heterocycles. The standard InChI is InChI=1S/C12H18O4.C6H6O3S/c1-3-5-9-15-11(13)7-8-12(14)16-10-6-4-2;7-10(8,9)6-4-2-1-3-5-6/h3-6H,7-10H2,1-2H3;1-5H,(H,7,8,9). The lowest BCUT2D eigenvalue weighted by molar-refractivity contribution is -0.149. The summed E-state index contributed by atoms with van der Waals surface area (Å²) in [4.78, 5) is 22.1. The van der Waals surface area contributed by atoms with E-state index in [1.165, 1.54) is 12.1 Å². The van der Waals surface area contributed by atoms with E-state index >= 15 is 0 Å². The molecule has 0 aliphatic heterocycles. The molecule has 144 valence electrons. The van der Waals surface area contributed by atoms with E-state index in [2.05, 4.69) is 0 Å². The van der Waals surface area contributed by atoms with Crippen molar-refractivity contribution in [2.24, 2.45) is 0 Å². The number of esters is 2. The average molecular weight is 384 g/mol. The van der Waals surface area contributed by atoms with Gasteiger partial charge in [-0.2, -0.15) is 8.42 Å². The third kappa shape index (κ3) is 12.9. The third-order valence-electron chi connectivity index (χ3n) is 2.73. The molecule has 0 bridgehead atoms. The topological polar surface area (TPSA) is 107 Å². The van der Waals surface area contributed by atoms with Gasteiger partial charge in [-0.05, 0) is 26.0 Å². The van der Waals surface area contributed by atoms with Crippen LogP contribution in [0.25, 0.3) is 0 Å². The van der Waals surface area contributed by atoms with Crippen LogP contribution in [0.1, 0.15) is 26.7 Å². The molecular weight excluding hydrogens is 360 g/mol. The molecule has 0 saturated heterocycles. The molecule has 1 aromatic rings. The molecule has 0 spiro atoms. The van der Waals surface area contributed by atoms with Crippen molar-refractivity contribution in [1.82, 2.24) is 0 Å². The first kappa shape index (κ1) is 23.5. The summed E-state index contributed by atoms with van der Waals surface area (Å²) in [5, 5.41) is 0. The Balaban J connectivity index is 0.000000531. The van der Waals surface area contributed by atoms with Crippen molar-refractivity contribution in [3.05, 3.63) is 54.6 Å². The number of rotatable bonds is 8. The fraction of sp³-hybridized carbons (Fsp3) is 0.333. The summed E-state index contributed by atoms with van der Waals surface area (Å²) in [6.45, 7) is 4.19. The normalized spacial score (nSPS) is 11.0. The number of hydrogen-bond acceptors (Lipinski definition) is 6. The van der Waals surface area contributed by atoms with Crippen molar-refractivity contribution in [1.29, 1.82) is 0 Å². The SMILES string of the molecule is CC=CCOC(=O)CCC(=O)OCC=CC.O=S(=O)(O)c1ccccc1. The van der Waals surface area contributed by atoms with Crippen LogP contribution >= 0.6 is 0 Å². The van der Waals surface area contributed by atoms with E-state index in [0.29, 0.717) is 0 Å². The second kappa shape index (κ2) is 13.8. The molecular formula is C18H24O7S. The Morgan fingerprint density at radius 3 is 1.65 bits per heavy atom. The molecule has 1 aromatic carbocycles. The highest BCUT2D eigenvalue weighted by molar-refractivity contribution is 7.85. The Kier molecular flexibility index (Phi) is 12.5. The maximum Gasteiger partial charge on any atom is 0.306 e. The van der Waals surface area contributed by atoms with Crippen LogP contribution in [-0.2, 0) is 29.2 Å². The summed E-state index contributed by atoms with van der Waals surface area (Å²) in [7, 11) is -4.00. The molecule has 0 aliphatic carbocycles. The lowest BCUT2D eigenvalue weighted by atomic mass is 10.3. The fourth-order valence-corrected chi connectivity index (χ4v) is 1.92. The van der Waals surface area contributed by atoms with Crippen molar-refractivity contribution in [3.8, 4) is 0 Å². The van der Waals surface area contributed by atoms with Crippen molar-refractivity contribution < 1.29 is 32.0 Å². The van der Waals surface area contributed by atoms with Crippen molar-refractivity contribution in [2.75, 3.05) is 13.2 Å². The van der Waals surface area contributed by atoms with E-state index in [-0.39, 0.29) is 42.9 Å². The molecule has 0 saturated carbocycles. The molecule has 0 amide bonds. The number of hydrogen-bond donors (Lipinski definition) is 1. The minimum atomic E-state index is -4.00. The highest BCUT2D eigenvalue weighted by Gasteiger charge is 2.07. The second-order valence-electron chi connectivity index (χ2n) is 4.79. The molecule has 0 heterocycles. The largest absolute Gasteiger partial charge is 0.461 e. The number of benzene rings is 1. The Hall–Kier alpha value is -2.45. The van der Waals surface area contributed by atoms with Gasteiger partial charge in [-0.15, -0.1) is 0 Å². The van der Waals surface area contributed by atoms with Gasteiger partial charge in [0.15, 0.2) is 0 Å². The molecule has 0 radical (unpaired) electrons.